The number of halogens is 2. The van der Waals surface area contributed by atoms with Crippen LogP contribution in [0.1, 0.15) is 16.9 Å². The maximum Gasteiger partial charge on any atom is 0.249 e. The monoisotopic (exact) mass is 558 g/mol. The summed E-state index contributed by atoms with van der Waals surface area (Å²) in [5, 5.41) is 0. The maximum atomic E-state index is 13.5. The molecular formula is C27H28ClFN4O2S2. The van der Waals surface area contributed by atoms with E-state index in [0.717, 1.165) is 65.3 Å². The molecule has 2 N–H and O–H groups in total. The van der Waals surface area contributed by atoms with E-state index in [1.807, 2.05) is 24.4 Å². The number of hydrogen-bond donors (Lipinski definition) is 2. The van der Waals surface area contributed by atoms with Crippen molar-refractivity contribution in [2.75, 3.05) is 26.7 Å². The van der Waals surface area contributed by atoms with Gasteiger partial charge in [-0.05, 0) is 85.1 Å². The number of pyridine rings is 1. The quantitative estimate of drug-likeness (QED) is 0.295. The highest BCUT2D eigenvalue weighted by Crippen LogP contribution is 2.39. The third-order valence-corrected chi connectivity index (χ3v) is 9.52. The van der Waals surface area contributed by atoms with Crippen LogP contribution in [-0.4, -0.2) is 50.0 Å². The summed E-state index contributed by atoms with van der Waals surface area (Å²) < 4.78 is 40.2. The fourth-order valence-electron chi connectivity index (χ4n) is 4.50. The summed E-state index contributed by atoms with van der Waals surface area (Å²) in [4.78, 5) is 11.0. The number of aromatic amines is 1. The molecule has 0 saturated heterocycles. The van der Waals surface area contributed by atoms with Crippen LogP contribution in [0, 0.1) is 5.82 Å². The zero-order valence-electron chi connectivity index (χ0n) is 20.3. The lowest BCUT2D eigenvalue weighted by Gasteiger charge is -2.26. The minimum Gasteiger partial charge on any atom is -0.360 e. The van der Waals surface area contributed by atoms with Gasteiger partial charge in [-0.3, -0.25) is 9.88 Å². The molecule has 194 valence electrons. The number of sulfonamides is 1. The Morgan fingerprint density at radius 1 is 1.08 bits per heavy atom. The summed E-state index contributed by atoms with van der Waals surface area (Å²) in [6.45, 7) is 2.62. The lowest BCUT2D eigenvalue weighted by atomic mass is 9.92. The van der Waals surface area contributed by atoms with Crippen LogP contribution in [0.25, 0.3) is 28.0 Å². The highest BCUT2D eigenvalue weighted by Gasteiger charge is 2.21. The standard InChI is InChI=1S/C27H27FN4O2S2.ClH/c1-29-36(33,34)25-7-6-23(35-25)12-17-32-15-10-19(11-16-32)24-18-31-27(21-2-4-22(28)5-3-21)26(24)20-8-13-30-14-9-20;/h2-10,13-14,18,29,31H,11-12,15-17H2,1H3;1H. The van der Waals surface area contributed by atoms with Crippen molar-refractivity contribution in [3.8, 4) is 22.4 Å². The Labute approximate surface area is 226 Å². The normalized spacial score (nSPS) is 14.3. The molecule has 4 aromatic rings. The van der Waals surface area contributed by atoms with Crippen LogP contribution in [0.2, 0.25) is 0 Å². The third kappa shape index (κ3) is 6.02. The summed E-state index contributed by atoms with van der Waals surface area (Å²) >= 11 is 1.33. The summed E-state index contributed by atoms with van der Waals surface area (Å²) in [6.07, 6.45) is 9.62. The molecule has 6 nitrogen and oxygen atoms in total. The lowest BCUT2D eigenvalue weighted by molar-refractivity contribution is 0.306. The number of benzene rings is 1. The van der Waals surface area contributed by atoms with Crippen molar-refractivity contribution in [2.24, 2.45) is 0 Å². The van der Waals surface area contributed by atoms with Crippen LogP contribution in [0.3, 0.4) is 0 Å². The third-order valence-electron chi connectivity index (χ3n) is 6.47. The van der Waals surface area contributed by atoms with Crippen LogP contribution in [0.5, 0.6) is 0 Å². The van der Waals surface area contributed by atoms with Crippen molar-refractivity contribution in [2.45, 2.75) is 17.1 Å². The molecule has 10 heteroatoms. The fourth-order valence-corrected chi connectivity index (χ4v) is 6.69. The average molecular weight is 559 g/mol. The number of hydrogen-bond acceptors (Lipinski definition) is 5. The van der Waals surface area contributed by atoms with Crippen molar-refractivity contribution in [1.29, 1.82) is 0 Å². The largest absolute Gasteiger partial charge is 0.360 e. The molecule has 0 amide bonds. The Bertz CT molecular complexity index is 1480. The summed E-state index contributed by atoms with van der Waals surface area (Å²) in [7, 11) is -1.96. The van der Waals surface area contributed by atoms with Gasteiger partial charge in [-0.25, -0.2) is 17.5 Å². The Hall–Kier alpha value is -2.82. The molecule has 1 aliphatic heterocycles. The van der Waals surface area contributed by atoms with E-state index in [1.54, 1.807) is 30.6 Å². The number of nitrogens with zero attached hydrogens (tertiary/aromatic N) is 2. The number of rotatable bonds is 8. The number of H-pyrrole nitrogens is 1. The van der Waals surface area contributed by atoms with Crippen LogP contribution in [-0.2, 0) is 16.4 Å². The number of thiophene rings is 1. The molecule has 37 heavy (non-hydrogen) atoms. The van der Waals surface area contributed by atoms with E-state index >= 15 is 0 Å². The van der Waals surface area contributed by atoms with Crippen LogP contribution >= 0.6 is 23.7 Å². The van der Waals surface area contributed by atoms with Crippen LogP contribution in [0.15, 0.2) is 77.4 Å². The molecular weight excluding hydrogens is 531 g/mol. The van der Waals surface area contributed by atoms with Gasteiger partial charge < -0.3 is 4.98 Å². The van der Waals surface area contributed by atoms with Gasteiger partial charge >= 0.3 is 0 Å². The summed E-state index contributed by atoms with van der Waals surface area (Å²) in [6, 6.07) is 14.1. The Kier molecular flexibility index (Phi) is 8.61. The first-order valence-corrected chi connectivity index (χ1v) is 14.1. The van der Waals surface area contributed by atoms with Gasteiger partial charge in [0.2, 0.25) is 10.0 Å². The highest BCUT2D eigenvalue weighted by atomic mass is 35.5. The molecule has 1 aromatic carbocycles. The summed E-state index contributed by atoms with van der Waals surface area (Å²) in [5.41, 5.74) is 6.49. The SMILES string of the molecule is CNS(=O)(=O)c1ccc(CCN2CC=C(c3c[nH]c(-c4ccc(F)cc4)c3-c3ccncc3)CC2)s1.Cl. The van der Waals surface area contributed by atoms with Crippen molar-refractivity contribution in [3.63, 3.8) is 0 Å². The van der Waals surface area contributed by atoms with Gasteiger partial charge in [-0.15, -0.1) is 23.7 Å². The number of aromatic nitrogens is 2. The molecule has 0 saturated carbocycles. The average Bonchev–Trinajstić information content (AvgIpc) is 3.57. The molecule has 0 atom stereocenters. The fraction of sp³-hybridized carbons (Fsp3) is 0.222. The van der Waals surface area contributed by atoms with Gasteiger partial charge in [0, 0.05) is 54.2 Å². The zero-order valence-corrected chi connectivity index (χ0v) is 22.7. The maximum absolute atomic E-state index is 13.5. The molecule has 0 radical (unpaired) electrons. The minimum atomic E-state index is -3.39. The second kappa shape index (κ2) is 11.7. The van der Waals surface area contributed by atoms with Crippen molar-refractivity contribution < 1.29 is 12.8 Å². The zero-order chi connectivity index (χ0) is 25.1. The summed E-state index contributed by atoms with van der Waals surface area (Å²) in [5.74, 6) is -0.256. The van der Waals surface area contributed by atoms with Crippen molar-refractivity contribution in [3.05, 3.63) is 89.5 Å². The molecule has 0 aliphatic carbocycles. The van der Waals surface area contributed by atoms with Crippen molar-refractivity contribution >= 4 is 39.3 Å². The van der Waals surface area contributed by atoms with Crippen LogP contribution in [0.4, 0.5) is 4.39 Å². The Balaban J connectivity index is 0.00000320. The van der Waals surface area contributed by atoms with E-state index in [0.29, 0.717) is 4.21 Å². The first-order chi connectivity index (χ1) is 17.4. The Morgan fingerprint density at radius 3 is 2.51 bits per heavy atom. The second-order valence-corrected chi connectivity index (χ2v) is 11.9. The van der Waals surface area contributed by atoms with Crippen LogP contribution < -0.4 is 4.72 Å². The van der Waals surface area contributed by atoms with E-state index in [9.17, 15) is 12.8 Å². The molecule has 3 aromatic heterocycles. The molecule has 0 fully saturated rings. The molecule has 0 bridgehead atoms. The second-order valence-electron chi connectivity index (χ2n) is 8.65. The van der Waals surface area contributed by atoms with Gasteiger partial charge in [-0.2, -0.15) is 0 Å². The van der Waals surface area contributed by atoms with E-state index < -0.39 is 10.0 Å². The van der Waals surface area contributed by atoms with E-state index in [1.165, 1.54) is 36.1 Å². The van der Waals surface area contributed by atoms with E-state index in [-0.39, 0.29) is 18.2 Å². The number of nitrogens with one attached hydrogen (secondary N) is 2. The molecule has 1 aliphatic rings. The van der Waals surface area contributed by atoms with Crippen molar-refractivity contribution in [1.82, 2.24) is 19.6 Å². The van der Waals surface area contributed by atoms with E-state index in [4.69, 9.17) is 0 Å². The first-order valence-electron chi connectivity index (χ1n) is 11.8. The van der Waals surface area contributed by atoms with Gasteiger partial charge in [-0.1, -0.05) is 6.08 Å². The molecule has 0 unspecified atom stereocenters. The lowest BCUT2D eigenvalue weighted by Crippen LogP contribution is -2.30. The molecule has 4 heterocycles. The molecule has 5 rings (SSSR count). The van der Waals surface area contributed by atoms with Gasteiger partial charge in [0.25, 0.3) is 0 Å². The Morgan fingerprint density at radius 2 is 1.84 bits per heavy atom. The predicted molar refractivity (Wildman–Crippen MR) is 150 cm³/mol. The van der Waals surface area contributed by atoms with Gasteiger partial charge in [0.15, 0.2) is 0 Å². The smallest absolute Gasteiger partial charge is 0.249 e. The van der Waals surface area contributed by atoms with E-state index in [2.05, 4.69) is 25.7 Å². The minimum absolute atomic E-state index is 0. The van der Waals surface area contributed by atoms with Gasteiger partial charge in [0.05, 0.1) is 5.69 Å². The van der Waals surface area contributed by atoms with Gasteiger partial charge in [0.1, 0.15) is 10.0 Å². The predicted octanol–water partition coefficient (Wildman–Crippen LogP) is 5.61. The first kappa shape index (κ1) is 27.2. The topological polar surface area (TPSA) is 78.1 Å². The highest BCUT2D eigenvalue weighted by molar-refractivity contribution is 7.91. The molecule has 0 spiro atoms.